The number of nitrogens with two attached hydrogens (primary N) is 1. The van der Waals surface area contributed by atoms with Gasteiger partial charge in [0.25, 0.3) is 0 Å². The number of pyridine rings is 1. The molecular formula is C16H16N4. The van der Waals surface area contributed by atoms with Crippen LogP contribution in [0.5, 0.6) is 0 Å². The molecule has 3 aromatic rings. The number of rotatable bonds is 4. The maximum atomic E-state index is 5.63. The molecule has 0 bridgehead atoms. The Labute approximate surface area is 117 Å². The van der Waals surface area contributed by atoms with Gasteiger partial charge in [-0.1, -0.05) is 36.4 Å². The highest BCUT2D eigenvalue weighted by Gasteiger charge is 2.11. The van der Waals surface area contributed by atoms with Gasteiger partial charge in [0, 0.05) is 18.2 Å². The average Bonchev–Trinajstić information content (AvgIpc) is 2.93. The Balaban J connectivity index is 2.13. The number of hydrogen-bond donors (Lipinski definition) is 1. The van der Waals surface area contributed by atoms with Crippen molar-refractivity contribution in [2.24, 2.45) is 5.73 Å². The summed E-state index contributed by atoms with van der Waals surface area (Å²) in [4.78, 5) is 4.38. The number of nitrogens with zero attached hydrogens (tertiary/aromatic N) is 3. The van der Waals surface area contributed by atoms with Crippen molar-refractivity contribution in [3.63, 3.8) is 0 Å². The highest BCUT2D eigenvalue weighted by Crippen LogP contribution is 2.23. The van der Waals surface area contributed by atoms with Crippen LogP contribution in [0.4, 0.5) is 0 Å². The summed E-state index contributed by atoms with van der Waals surface area (Å²) in [6, 6.07) is 18.1. The zero-order valence-corrected chi connectivity index (χ0v) is 11.1. The zero-order chi connectivity index (χ0) is 13.8. The average molecular weight is 264 g/mol. The topological polar surface area (TPSA) is 56.7 Å². The molecule has 0 saturated heterocycles. The minimum absolute atomic E-state index is 0.591. The van der Waals surface area contributed by atoms with Crippen LogP contribution in [0, 0.1) is 0 Å². The Morgan fingerprint density at radius 3 is 2.50 bits per heavy atom. The Hall–Kier alpha value is -2.46. The fraction of sp³-hybridized carbons (Fsp3) is 0.125. The summed E-state index contributed by atoms with van der Waals surface area (Å²) in [5.41, 5.74) is 8.77. The molecule has 0 atom stereocenters. The third-order valence-corrected chi connectivity index (χ3v) is 3.10. The van der Waals surface area contributed by atoms with Gasteiger partial charge in [-0.05, 0) is 24.7 Å². The summed E-state index contributed by atoms with van der Waals surface area (Å²) in [5.74, 6) is 0.814. The maximum absolute atomic E-state index is 5.63. The molecule has 2 aromatic heterocycles. The molecule has 0 spiro atoms. The fourth-order valence-electron chi connectivity index (χ4n) is 2.17. The quantitative estimate of drug-likeness (QED) is 0.787. The minimum atomic E-state index is 0.591. The van der Waals surface area contributed by atoms with Crippen molar-refractivity contribution in [1.29, 1.82) is 0 Å². The van der Waals surface area contributed by atoms with E-state index in [2.05, 4.69) is 28.3 Å². The van der Waals surface area contributed by atoms with Gasteiger partial charge in [-0.25, -0.2) is 9.67 Å². The molecule has 0 unspecified atom stereocenters. The highest BCUT2D eigenvalue weighted by molar-refractivity contribution is 5.62. The Kier molecular flexibility index (Phi) is 3.56. The van der Waals surface area contributed by atoms with Crippen LogP contribution in [-0.2, 0) is 6.42 Å². The van der Waals surface area contributed by atoms with Gasteiger partial charge in [0.05, 0.1) is 11.4 Å². The Morgan fingerprint density at radius 1 is 1.00 bits per heavy atom. The van der Waals surface area contributed by atoms with E-state index in [-0.39, 0.29) is 0 Å². The van der Waals surface area contributed by atoms with Gasteiger partial charge in [0.2, 0.25) is 0 Å². The first kappa shape index (κ1) is 12.6. The van der Waals surface area contributed by atoms with Gasteiger partial charge in [-0.2, -0.15) is 5.10 Å². The smallest absolute Gasteiger partial charge is 0.153 e. The zero-order valence-electron chi connectivity index (χ0n) is 11.1. The van der Waals surface area contributed by atoms with Crippen molar-refractivity contribution in [2.45, 2.75) is 6.42 Å². The molecule has 2 heterocycles. The summed E-state index contributed by atoms with van der Waals surface area (Å²) in [6.07, 6.45) is 2.54. The highest BCUT2D eigenvalue weighted by atomic mass is 15.3. The molecule has 0 amide bonds. The lowest BCUT2D eigenvalue weighted by Crippen LogP contribution is -2.05. The van der Waals surface area contributed by atoms with Crippen molar-refractivity contribution in [3.05, 3.63) is 66.5 Å². The van der Waals surface area contributed by atoms with Gasteiger partial charge >= 0.3 is 0 Å². The van der Waals surface area contributed by atoms with E-state index in [4.69, 9.17) is 5.73 Å². The minimum Gasteiger partial charge on any atom is -0.330 e. The van der Waals surface area contributed by atoms with E-state index >= 15 is 0 Å². The molecule has 4 heteroatoms. The predicted molar refractivity (Wildman–Crippen MR) is 79.6 cm³/mol. The molecule has 2 N–H and O–H groups in total. The summed E-state index contributed by atoms with van der Waals surface area (Å²) >= 11 is 0. The monoisotopic (exact) mass is 264 g/mol. The second-order valence-electron chi connectivity index (χ2n) is 4.53. The largest absolute Gasteiger partial charge is 0.330 e. The van der Waals surface area contributed by atoms with E-state index < -0.39 is 0 Å². The van der Waals surface area contributed by atoms with E-state index in [1.807, 2.05) is 41.1 Å². The summed E-state index contributed by atoms with van der Waals surface area (Å²) in [5, 5.41) is 4.62. The third-order valence-electron chi connectivity index (χ3n) is 3.10. The normalized spacial score (nSPS) is 10.7. The van der Waals surface area contributed by atoms with E-state index in [0.29, 0.717) is 6.54 Å². The number of benzene rings is 1. The van der Waals surface area contributed by atoms with Crippen molar-refractivity contribution in [1.82, 2.24) is 14.8 Å². The van der Waals surface area contributed by atoms with Crippen LogP contribution in [-0.4, -0.2) is 21.3 Å². The number of aromatic nitrogens is 3. The first-order valence-corrected chi connectivity index (χ1v) is 6.64. The lowest BCUT2D eigenvalue weighted by molar-refractivity contribution is 0.806. The molecule has 0 fully saturated rings. The van der Waals surface area contributed by atoms with Crippen LogP contribution in [0.2, 0.25) is 0 Å². The van der Waals surface area contributed by atoms with Gasteiger partial charge < -0.3 is 5.73 Å². The molecule has 0 aliphatic carbocycles. The maximum Gasteiger partial charge on any atom is 0.153 e. The van der Waals surface area contributed by atoms with Crippen LogP contribution in [0.25, 0.3) is 17.1 Å². The fourth-order valence-corrected chi connectivity index (χ4v) is 2.17. The van der Waals surface area contributed by atoms with Crippen molar-refractivity contribution < 1.29 is 0 Å². The van der Waals surface area contributed by atoms with E-state index in [1.165, 1.54) is 0 Å². The molecule has 0 aliphatic rings. The van der Waals surface area contributed by atoms with Crippen LogP contribution >= 0.6 is 0 Å². The molecular weight excluding hydrogens is 248 g/mol. The van der Waals surface area contributed by atoms with Gasteiger partial charge in [0.15, 0.2) is 5.82 Å². The third kappa shape index (κ3) is 2.46. The molecule has 0 radical (unpaired) electrons. The lowest BCUT2D eigenvalue weighted by atomic mass is 10.1. The standard InChI is InChI=1S/C16H16N4/c17-10-9-14-12-15(13-6-2-1-3-7-13)20(19-14)16-8-4-5-11-18-16/h1-8,11-12H,9-10,17H2. The van der Waals surface area contributed by atoms with Gasteiger partial charge in [-0.15, -0.1) is 0 Å². The molecule has 100 valence electrons. The van der Waals surface area contributed by atoms with Crippen LogP contribution < -0.4 is 5.73 Å². The molecule has 3 rings (SSSR count). The van der Waals surface area contributed by atoms with Gasteiger partial charge in [0.1, 0.15) is 0 Å². The second kappa shape index (κ2) is 5.67. The van der Waals surface area contributed by atoms with Crippen molar-refractivity contribution in [3.8, 4) is 17.1 Å². The van der Waals surface area contributed by atoms with Crippen molar-refractivity contribution in [2.75, 3.05) is 6.54 Å². The second-order valence-corrected chi connectivity index (χ2v) is 4.53. The van der Waals surface area contributed by atoms with Crippen molar-refractivity contribution >= 4 is 0 Å². The molecule has 20 heavy (non-hydrogen) atoms. The Morgan fingerprint density at radius 2 is 1.80 bits per heavy atom. The van der Waals surface area contributed by atoms with Gasteiger partial charge in [-0.3, -0.25) is 0 Å². The molecule has 4 nitrogen and oxygen atoms in total. The van der Waals surface area contributed by atoms with Crippen LogP contribution in [0.1, 0.15) is 5.69 Å². The van der Waals surface area contributed by atoms with E-state index in [9.17, 15) is 0 Å². The van der Waals surface area contributed by atoms with Crippen LogP contribution in [0.15, 0.2) is 60.8 Å². The molecule has 0 saturated carbocycles. The first-order valence-electron chi connectivity index (χ1n) is 6.64. The Bertz CT molecular complexity index is 617. The molecule has 0 aliphatic heterocycles. The summed E-state index contributed by atoms with van der Waals surface area (Å²) in [6.45, 7) is 0.591. The summed E-state index contributed by atoms with van der Waals surface area (Å²) in [7, 11) is 0. The molecule has 1 aromatic carbocycles. The van der Waals surface area contributed by atoms with Crippen LogP contribution in [0.3, 0.4) is 0 Å². The first-order chi connectivity index (χ1) is 9.88. The predicted octanol–water partition coefficient (Wildman–Crippen LogP) is 2.44. The summed E-state index contributed by atoms with van der Waals surface area (Å²) < 4.78 is 1.88. The SMILES string of the molecule is NCCc1cc(-c2ccccc2)n(-c2ccccn2)n1. The van der Waals surface area contributed by atoms with E-state index in [0.717, 1.165) is 29.2 Å². The lowest BCUT2D eigenvalue weighted by Gasteiger charge is -2.06. The number of hydrogen-bond acceptors (Lipinski definition) is 3. The van der Waals surface area contributed by atoms with E-state index in [1.54, 1.807) is 6.20 Å².